The Morgan fingerprint density at radius 1 is 1.20 bits per heavy atom. The number of thiophene rings is 1. The number of nitrogens with zero attached hydrogens (tertiary/aromatic N) is 5. The summed E-state index contributed by atoms with van der Waals surface area (Å²) in [5, 5.41) is 25.1. The van der Waals surface area contributed by atoms with Crippen LogP contribution in [0.3, 0.4) is 0 Å². The van der Waals surface area contributed by atoms with Gasteiger partial charge in [0.15, 0.2) is 12.3 Å². The minimum atomic E-state index is -0.575. The summed E-state index contributed by atoms with van der Waals surface area (Å²) in [7, 11) is 0. The largest absolute Gasteiger partial charge is 0.493 e. The summed E-state index contributed by atoms with van der Waals surface area (Å²) in [6.07, 6.45) is 2.32. The summed E-state index contributed by atoms with van der Waals surface area (Å²) >= 11 is 1.54. The number of hydrogen-bond donors (Lipinski definition) is 1. The van der Waals surface area contributed by atoms with Gasteiger partial charge in [0.2, 0.25) is 5.88 Å². The number of likely N-dealkylation sites (tertiary alicyclic amines) is 1. The Labute approximate surface area is 178 Å². The molecule has 1 saturated heterocycles. The third-order valence-electron chi connectivity index (χ3n) is 4.99. The van der Waals surface area contributed by atoms with Crippen LogP contribution in [0.15, 0.2) is 57.2 Å². The average molecular weight is 426 g/mol. The number of fused-ring (bicyclic) bond motifs is 1. The van der Waals surface area contributed by atoms with E-state index in [4.69, 9.17) is 4.84 Å². The summed E-state index contributed by atoms with van der Waals surface area (Å²) in [4.78, 5) is 20.4. The summed E-state index contributed by atoms with van der Waals surface area (Å²) in [6, 6.07) is 11.4. The number of rotatable bonds is 7. The van der Waals surface area contributed by atoms with E-state index in [0.29, 0.717) is 12.4 Å². The van der Waals surface area contributed by atoms with Crippen LogP contribution in [0.2, 0.25) is 0 Å². The van der Waals surface area contributed by atoms with Crippen LogP contribution in [0.25, 0.3) is 10.9 Å². The number of hydrogen-bond acceptors (Lipinski definition) is 7. The third-order valence-corrected chi connectivity index (χ3v) is 5.96. The van der Waals surface area contributed by atoms with Crippen LogP contribution in [0.1, 0.15) is 24.6 Å². The van der Waals surface area contributed by atoms with Crippen molar-refractivity contribution >= 4 is 39.5 Å². The molecule has 3 aromatic rings. The van der Waals surface area contributed by atoms with Crippen molar-refractivity contribution < 1.29 is 14.7 Å². The normalized spacial score (nSPS) is 15.4. The molecule has 1 aromatic carbocycles. The van der Waals surface area contributed by atoms with E-state index in [1.54, 1.807) is 11.3 Å². The predicted octanol–water partition coefficient (Wildman–Crippen LogP) is 4.51. The Balaban J connectivity index is 1.47. The maximum absolute atomic E-state index is 12.1. The highest BCUT2D eigenvalue weighted by molar-refractivity contribution is 7.12. The van der Waals surface area contributed by atoms with Gasteiger partial charge in [0.1, 0.15) is 0 Å². The molecule has 0 aliphatic carbocycles. The summed E-state index contributed by atoms with van der Waals surface area (Å²) in [6.45, 7) is 4.08. The Morgan fingerprint density at radius 2 is 2.00 bits per heavy atom. The maximum atomic E-state index is 12.1. The van der Waals surface area contributed by atoms with Crippen molar-refractivity contribution in [3.63, 3.8) is 0 Å². The summed E-state index contributed by atoms with van der Waals surface area (Å²) < 4.78 is 1.81. The van der Waals surface area contributed by atoms with Gasteiger partial charge in [-0.25, -0.2) is 0 Å². The fourth-order valence-electron chi connectivity index (χ4n) is 3.49. The second-order valence-electron chi connectivity index (χ2n) is 7.11. The first kappa shape index (κ1) is 20.2. The van der Waals surface area contributed by atoms with Gasteiger partial charge in [0, 0.05) is 5.39 Å². The number of benzene rings is 1. The van der Waals surface area contributed by atoms with Gasteiger partial charge in [-0.3, -0.25) is 14.3 Å². The Hall–Kier alpha value is -3.04. The first-order valence-electron chi connectivity index (χ1n) is 9.81. The first-order chi connectivity index (χ1) is 14.6. The minimum Gasteiger partial charge on any atom is -0.493 e. The van der Waals surface area contributed by atoms with E-state index in [0.717, 1.165) is 41.7 Å². The fourth-order valence-corrected chi connectivity index (χ4v) is 4.15. The van der Waals surface area contributed by atoms with E-state index in [-0.39, 0.29) is 18.2 Å². The molecule has 4 rings (SSSR count). The van der Waals surface area contributed by atoms with E-state index in [2.05, 4.69) is 20.3 Å². The molecule has 9 heteroatoms. The lowest BCUT2D eigenvalue weighted by atomic mass is 10.2. The van der Waals surface area contributed by atoms with Crippen LogP contribution in [0.4, 0.5) is 5.69 Å². The molecule has 156 valence electrons. The highest BCUT2D eigenvalue weighted by Crippen LogP contribution is 2.39. The van der Waals surface area contributed by atoms with Crippen molar-refractivity contribution in [1.82, 2.24) is 9.47 Å². The van der Waals surface area contributed by atoms with Crippen LogP contribution in [0.5, 0.6) is 5.88 Å². The molecule has 1 N–H and O–H groups in total. The Bertz CT molecular complexity index is 1080. The van der Waals surface area contributed by atoms with Crippen molar-refractivity contribution in [3.05, 3.63) is 46.7 Å². The lowest BCUT2D eigenvalue weighted by Crippen LogP contribution is -2.22. The third kappa shape index (κ3) is 4.42. The molecule has 1 aliphatic rings. The van der Waals surface area contributed by atoms with Crippen LogP contribution in [-0.2, 0) is 16.3 Å². The SMILES string of the molecule is CC(=NOCC(=O)N=Nc1c(O)n(CN2CCCC2)c2ccccc12)c1cccs1. The van der Waals surface area contributed by atoms with Crippen molar-refractivity contribution in [3.8, 4) is 5.88 Å². The number of aromatic nitrogens is 1. The molecule has 1 aliphatic heterocycles. The van der Waals surface area contributed by atoms with Crippen molar-refractivity contribution in [1.29, 1.82) is 0 Å². The average Bonchev–Trinajstić information content (AvgIpc) is 3.50. The molecule has 2 aromatic heterocycles. The Kier molecular flexibility index (Phi) is 6.20. The number of carbonyl (C=O) groups is 1. The van der Waals surface area contributed by atoms with Gasteiger partial charge in [-0.1, -0.05) is 29.4 Å². The number of aromatic hydroxyl groups is 1. The number of carbonyl (C=O) groups excluding carboxylic acids is 1. The number of oxime groups is 1. The van der Waals surface area contributed by atoms with Crippen LogP contribution < -0.4 is 0 Å². The molecular weight excluding hydrogens is 402 g/mol. The van der Waals surface area contributed by atoms with Gasteiger partial charge in [-0.2, -0.15) is 0 Å². The molecule has 30 heavy (non-hydrogen) atoms. The lowest BCUT2D eigenvalue weighted by Gasteiger charge is -2.17. The second kappa shape index (κ2) is 9.19. The van der Waals surface area contributed by atoms with Crippen molar-refractivity contribution in [2.75, 3.05) is 19.7 Å². The van der Waals surface area contributed by atoms with Gasteiger partial charge < -0.3 is 9.94 Å². The van der Waals surface area contributed by atoms with E-state index >= 15 is 0 Å². The van der Waals surface area contributed by atoms with Crippen LogP contribution >= 0.6 is 11.3 Å². The highest BCUT2D eigenvalue weighted by atomic mass is 32.1. The smallest absolute Gasteiger partial charge is 0.304 e. The molecule has 3 heterocycles. The highest BCUT2D eigenvalue weighted by Gasteiger charge is 2.20. The summed E-state index contributed by atoms with van der Waals surface area (Å²) in [5.74, 6) is -0.569. The molecule has 1 fully saturated rings. The quantitative estimate of drug-likeness (QED) is 0.342. The van der Waals surface area contributed by atoms with Gasteiger partial charge in [0.05, 0.1) is 22.8 Å². The van der Waals surface area contributed by atoms with E-state index < -0.39 is 5.91 Å². The molecular formula is C21H23N5O3S. The van der Waals surface area contributed by atoms with Crippen LogP contribution in [-0.4, -0.2) is 45.9 Å². The maximum Gasteiger partial charge on any atom is 0.304 e. The molecule has 0 saturated carbocycles. The number of azo groups is 1. The van der Waals surface area contributed by atoms with Crippen LogP contribution in [0, 0.1) is 0 Å². The van der Waals surface area contributed by atoms with E-state index in [1.807, 2.05) is 53.3 Å². The topological polar surface area (TPSA) is 91.8 Å². The number of amides is 1. The molecule has 0 bridgehead atoms. The zero-order chi connectivity index (χ0) is 20.9. The van der Waals surface area contributed by atoms with Crippen molar-refractivity contribution in [2.24, 2.45) is 15.4 Å². The first-order valence-corrected chi connectivity index (χ1v) is 10.7. The van der Waals surface area contributed by atoms with Gasteiger partial charge in [-0.05, 0) is 50.4 Å². The molecule has 8 nitrogen and oxygen atoms in total. The fraction of sp³-hybridized carbons (Fsp3) is 0.333. The van der Waals surface area contributed by atoms with Gasteiger partial charge >= 0.3 is 5.91 Å². The lowest BCUT2D eigenvalue weighted by molar-refractivity contribution is -0.122. The molecule has 0 atom stereocenters. The Morgan fingerprint density at radius 3 is 2.77 bits per heavy atom. The monoisotopic (exact) mass is 425 g/mol. The molecule has 0 unspecified atom stereocenters. The summed E-state index contributed by atoms with van der Waals surface area (Å²) in [5.41, 5.74) is 1.84. The zero-order valence-corrected chi connectivity index (χ0v) is 17.5. The molecule has 0 spiro atoms. The standard InChI is InChI=1S/C21H23N5O3S/c1-15(18-9-6-12-30-18)24-29-13-19(27)22-23-20-16-7-2-3-8-17(16)26(21(20)28)14-25-10-4-5-11-25/h2-3,6-9,12,28H,4-5,10-11,13-14H2,1H3. The van der Waals surface area contributed by atoms with E-state index in [1.165, 1.54) is 0 Å². The van der Waals surface area contributed by atoms with Gasteiger partial charge in [-0.15, -0.1) is 21.6 Å². The predicted molar refractivity (Wildman–Crippen MR) is 116 cm³/mol. The number of para-hydroxylation sites is 1. The van der Waals surface area contributed by atoms with Crippen molar-refractivity contribution in [2.45, 2.75) is 26.4 Å². The molecule has 1 amide bonds. The van der Waals surface area contributed by atoms with E-state index in [9.17, 15) is 9.90 Å². The minimum absolute atomic E-state index is 0.00660. The molecule has 0 radical (unpaired) electrons. The second-order valence-corrected chi connectivity index (χ2v) is 8.05. The zero-order valence-electron chi connectivity index (χ0n) is 16.7. The van der Waals surface area contributed by atoms with Gasteiger partial charge in [0.25, 0.3) is 0 Å².